The van der Waals surface area contributed by atoms with Crippen molar-refractivity contribution in [3.05, 3.63) is 91.0 Å². The van der Waals surface area contributed by atoms with Gasteiger partial charge in [0, 0.05) is 0 Å². The van der Waals surface area contributed by atoms with Gasteiger partial charge in [0.25, 0.3) is 0 Å². The Kier molecular flexibility index (Phi) is 8.66. The lowest BCUT2D eigenvalue weighted by Gasteiger charge is -2.18. The molecule has 0 atom stereocenters. The number of hydrogen-bond acceptors (Lipinski definition) is 2. The molecule has 0 aromatic heterocycles. The third-order valence-electron chi connectivity index (χ3n) is 3.29. The van der Waals surface area contributed by atoms with Crippen LogP contribution in [0.15, 0.2) is 91.0 Å². The fourth-order valence-electron chi connectivity index (χ4n) is 2.18. The second-order valence-electron chi connectivity index (χ2n) is 5.14. The number of carbonyl (C=O) groups is 1. The predicted molar refractivity (Wildman–Crippen MR) is 104 cm³/mol. The molecule has 0 spiro atoms. The fourth-order valence-corrected chi connectivity index (χ4v) is 4.48. The molecule has 0 saturated carbocycles. The summed E-state index contributed by atoms with van der Waals surface area (Å²) in [5.41, 5.74) is 0. The number of benzene rings is 3. The molecule has 27 heavy (non-hydrogen) atoms. The van der Waals surface area contributed by atoms with Crippen molar-refractivity contribution in [2.75, 3.05) is 0 Å². The Morgan fingerprint density at radius 3 is 1.07 bits per heavy atom. The lowest BCUT2D eigenvalue weighted by Crippen LogP contribution is -2.21. The van der Waals surface area contributed by atoms with E-state index in [0.717, 1.165) is 0 Å². The van der Waals surface area contributed by atoms with Gasteiger partial charge >= 0.3 is 12.1 Å². The third kappa shape index (κ3) is 6.85. The highest BCUT2D eigenvalue weighted by Gasteiger charge is 2.38. The number of alkyl halides is 3. The average Bonchev–Trinajstić information content (AvgIpc) is 2.64. The van der Waals surface area contributed by atoms with Gasteiger partial charge < -0.3 is 11.3 Å². The molecule has 0 aliphatic carbocycles. The van der Waals surface area contributed by atoms with Gasteiger partial charge in [-0.2, -0.15) is 13.2 Å². The quantitative estimate of drug-likeness (QED) is 0.654. The molecule has 0 aliphatic heterocycles. The summed E-state index contributed by atoms with van der Waals surface area (Å²) in [5, 5.41) is 11.3. The van der Waals surface area contributed by atoms with E-state index in [1.54, 1.807) is 0 Å². The molecule has 0 aliphatic rings. The molecule has 142 valence electrons. The monoisotopic (exact) mass is 393 g/mol. The van der Waals surface area contributed by atoms with Gasteiger partial charge in [0.1, 0.15) is 0 Å². The average molecular weight is 393 g/mol. The third-order valence-corrected chi connectivity index (χ3v) is 5.73. The Morgan fingerprint density at radius 1 is 0.667 bits per heavy atom. The first-order chi connectivity index (χ1) is 12.4. The van der Waals surface area contributed by atoms with Crippen LogP contribution in [-0.2, 0) is 4.79 Å². The van der Waals surface area contributed by atoms with E-state index in [1.165, 1.54) is 15.9 Å². The largest absolute Gasteiger partial charge is 0.490 e. The zero-order valence-corrected chi connectivity index (χ0v) is 15.2. The maximum absolute atomic E-state index is 10.6. The normalized spacial score (nSPS) is 10.4. The van der Waals surface area contributed by atoms with E-state index < -0.39 is 20.1 Å². The summed E-state index contributed by atoms with van der Waals surface area (Å²) in [6, 6.07) is 32.3. The van der Waals surface area contributed by atoms with Crippen molar-refractivity contribution >= 4 is 29.8 Å². The van der Waals surface area contributed by atoms with Gasteiger partial charge in [-0.25, -0.2) is 4.79 Å². The smallest absolute Gasteiger partial charge is 0.475 e. The Balaban J connectivity index is 0.000000395. The Morgan fingerprint density at radius 2 is 0.889 bits per heavy atom. The van der Waals surface area contributed by atoms with Crippen LogP contribution < -0.4 is 22.1 Å². The minimum atomic E-state index is -5.08. The van der Waals surface area contributed by atoms with Crippen LogP contribution in [-0.4, -0.2) is 17.3 Å². The molecule has 3 rings (SSSR count). The van der Waals surface area contributed by atoms with Crippen molar-refractivity contribution in [3.8, 4) is 0 Å². The molecule has 3 aromatic rings. The second kappa shape index (κ2) is 10.5. The topological polar surface area (TPSA) is 72.3 Å². The zero-order valence-electron chi connectivity index (χ0n) is 14.3. The molecule has 0 bridgehead atoms. The van der Waals surface area contributed by atoms with Crippen molar-refractivity contribution in [3.63, 3.8) is 0 Å². The molecule has 0 amide bonds. The van der Waals surface area contributed by atoms with Crippen LogP contribution in [0.5, 0.6) is 0 Å². The maximum Gasteiger partial charge on any atom is 0.490 e. The summed E-state index contributed by atoms with van der Waals surface area (Å²) in [6.07, 6.45) is -5.08. The van der Waals surface area contributed by atoms with Crippen LogP contribution in [0.2, 0.25) is 0 Å². The van der Waals surface area contributed by atoms with Crippen molar-refractivity contribution in [2.24, 2.45) is 0 Å². The summed E-state index contributed by atoms with van der Waals surface area (Å²) in [4.78, 5) is 8.90. The van der Waals surface area contributed by atoms with Gasteiger partial charge in [0.2, 0.25) is 0 Å². The second-order valence-corrected chi connectivity index (χ2v) is 7.36. The summed E-state index contributed by atoms with van der Waals surface area (Å²) < 4.78 is 31.7. The van der Waals surface area contributed by atoms with Crippen molar-refractivity contribution in [1.82, 2.24) is 6.15 Å². The van der Waals surface area contributed by atoms with Gasteiger partial charge in [0.15, 0.2) is 0 Å². The molecule has 0 fully saturated rings. The first kappa shape index (κ1) is 22.4. The van der Waals surface area contributed by atoms with Crippen LogP contribution in [0.4, 0.5) is 13.2 Å². The molecule has 7 heteroatoms. The summed E-state index contributed by atoms with van der Waals surface area (Å²) in [5.74, 6) is -2.76. The lowest BCUT2D eigenvalue weighted by molar-refractivity contribution is -0.192. The Labute approximate surface area is 156 Å². The fraction of sp³-hybridized carbons (Fsp3) is 0.0500. The molecule has 4 N–H and O–H groups in total. The van der Waals surface area contributed by atoms with E-state index in [1.807, 2.05) is 0 Å². The highest BCUT2D eigenvalue weighted by molar-refractivity contribution is 7.79. The van der Waals surface area contributed by atoms with E-state index in [9.17, 15) is 13.2 Å². The molecular formula is C20H19F3NO2P. The van der Waals surface area contributed by atoms with Crippen LogP contribution in [0.3, 0.4) is 0 Å². The van der Waals surface area contributed by atoms with Crippen LogP contribution in [0.1, 0.15) is 0 Å². The molecule has 0 unspecified atom stereocenters. The van der Waals surface area contributed by atoms with Crippen molar-refractivity contribution < 1.29 is 23.1 Å². The molecule has 0 heterocycles. The van der Waals surface area contributed by atoms with Gasteiger partial charge in [-0.15, -0.1) is 0 Å². The number of aliphatic carboxylic acids is 1. The minimum Gasteiger partial charge on any atom is -0.475 e. The number of carboxylic acid groups (broad SMARTS) is 1. The van der Waals surface area contributed by atoms with E-state index >= 15 is 0 Å². The first-order valence-electron chi connectivity index (χ1n) is 7.65. The number of rotatable bonds is 3. The Bertz CT molecular complexity index is 719. The van der Waals surface area contributed by atoms with E-state index in [-0.39, 0.29) is 6.15 Å². The first-order valence-corrected chi connectivity index (χ1v) is 8.99. The van der Waals surface area contributed by atoms with Crippen LogP contribution in [0.25, 0.3) is 0 Å². The highest BCUT2D eigenvalue weighted by Crippen LogP contribution is 2.32. The lowest BCUT2D eigenvalue weighted by atomic mass is 10.4. The van der Waals surface area contributed by atoms with Gasteiger partial charge in [-0.05, 0) is 23.8 Å². The van der Waals surface area contributed by atoms with Crippen LogP contribution >= 0.6 is 7.92 Å². The summed E-state index contributed by atoms with van der Waals surface area (Å²) in [6.45, 7) is 0. The number of hydrogen-bond donors (Lipinski definition) is 2. The zero-order chi connectivity index (χ0) is 19.0. The van der Waals surface area contributed by atoms with Gasteiger partial charge in [0.05, 0.1) is 0 Å². The molecule has 0 radical (unpaired) electrons. The number of carboxylic acids is 1. The molecule has 3 nitrogen and oxygen atoms in total. The maximum atomic E-state index is 10.6. The van der Waals surface area contributed by atoms with Crippen LogP contribution in [0, 0.1) is 0 Å². The number of halogens is 3. The van der Waals surface area contributed by atoms with Gasteiger partial charge in [-0.3, -0.25) is 0 Å². The SMILES string of the molecule is N.O=C(O)C(F)(F)F.c1ccc(P(c2ccccc2)c2ccccc2)cc1. The summed E-state index contributed by atoms with van der Waals surface area (Å²) in [7, 11) is -0.446. The molecular weight excluding hydrogens is 374 g/mol. The van der Waals surface area contributed by atoms with Crippen molar-refractivity contribution in [2.45, 2.75) is 6.18 Å². The van der Waals surface area contributed by atoms with Crippen molar-refractivity contribution in [1.29, 1.82) is 0 Å². The van der Waals surface area contributed by atoms with E-state index in [4.69, 9.17) is 9.90 Å². The standard InChI is InChI=1S/C18H15P.C2HF3O2.H3N/c1-4-10-16(11-5-1)19(17-12-6-2-7-13-17)18-14-8-3-9-15-18;3-2(4,5)1(6)7;/h1-15H;(H,6,7);1H3. The highest BCUT2D eigenvalue weighted by atomic mass is 31.1. The van der Waals surface area contributed by atoms with E-state index in [0.29, 0.717) is 0 Å². The molecule has 3 aromatic carbocycles. The molecule has 0 saturated heterocycles. The predicted octanol–water partition coefficient (Wildman–Crippen LogP) is 4.24. The Hall–Kier alpha value is -2.69. The summed E-state index contributed by atoms with van der Waals surface area (Å²) >= 11 is 0. The van der Waals surface area contributed by atoms with Gasteiger partial charge in [-0.1, -0.05) is 91.0 Å². The minimum absolute atomic E-state index is 0. The van der Waals surface area contributed by atoms with E-state index in [2.05, 4.69) is 91.0 Å².